The van der Waals surface area contributed by atoms with Gasteiger partial charge >= 0.3 is 0 Å². The van der Waals surface area contributed by atoms with Crippen molar-refractivity contribution in [2.75, 3.05) is 5.32 Å². The zero-order chi connectivity index (χ0) is 21.0. The Labute approximate surface area is 186 Å². The van der Waals surface area contributed by atoms with Gasteiger partial charge in [-0.2, -0.15) is 0 Å². The fourth-order valence-corrected chi connectivity index (χ4v) is 11.1. The average molecular weight is 420 g/mol. The molecule has 2 atom stereocenters. The van der Waals surface area contributed by atoms with Crippen LogP contribution in [0.25, 0.3) is 0 Å². The lowest BCUT2D eigenvalue weighted by Gasteiger charge is -2.72. The Morgan fingerprint density at radius 2 is 1.39 bits per heavy atom. The van der Waals surface area contributed by atoms with Crippen LogP contribution in [0.1, 0.15) is 89.5 Å². The standard InChI is InChI=1S/C28H37NO2/c1-17(30)29-24-3-2-23(8-25(24)31)26-9-21-7-22(10-26)15-28(14-21,16-26)27-11-18-4-19(12-27)6-20(5-18)13-27/h2-3,8,18-22,31H,4-7,9-16H2,1H3,(H,29,30). The van der Waals surface area contributed by atoms with Crippen LogP contribution in [0.3, 0.4) is 0 Å². The minimum Gasteiger partial charge on any atom is -0.506 e. The molecule has 0 heterocycles. The number of hydrogen-bond donors (Lipinski definition) is 2. The number of hydrogen-bond acceptors (Lipinski definition) is 2. The van der Waals surface area contributed by atoms with Gasteiger partial charge in [-0.15, -0.1) is 0 Å². The van der Waals surface area contributed by atoms with Crippen molar-refractivity contribution in [3.63, 3.8) is 0 Å². The zero-order valence-corrected chi connectivity index (χ0v) is 19.0. The van der Waals surface area contributed by atoms with Crippen LogP contribution in [-0.4, -0.2) is 11.0 Å². The van der Waals surface area contributed by atoms with Crippen molar-refractivity contribution < 1.29 is 9.90 Å². The van der Waals surface area contributed by atoms with Crippen molar-refractivity contribution in [2.45, 2.75) is 89.4 Å². The maximum absolute atomic E-state index is 11.5. The highest BCUT2D eigenvalue weighted by Crippen LogP contribution is 2.77. The van der Waals surface area contributed by atoms with Gasteiger partial charge in [0.05, 0.1) is 5.69 Å². The fraction of sp³-hybridized carbons (Fsp3) is 0.750. The van der Waals surface area contributed by atoms with Gasteiger partial charge in [0.1, 0.15) is 5.75 Å². The topological polar surface area (TPSA) is 49.3 Å². The monoisotopic (exact) mass is 419 g/mol. The Balaban J connectivity index is 1.28. The van der Waals surface area contributed by atoms with Crippen LogP contribution in [0.15, 0.2) is 18.2 Å². The molecular formula is C28H37NO2. The first kappa shape index (κ1) is 19.0. The number of phenols is 1. The third-order valence-electron chi connectivity index (χ3n) is 11.1. The molecule has 8 bridgehead atoms. The van der Waals surface area contributed by atoms with E-state index in [0.717, 1.165) is 29.6 Å². The summed E-state index contributed by atoms with van der Waals surface area (Å²) in [5.74, 6) is 4.95. The second kappa shape index (κ2) is 6.08. The molecule has 9 rings (SSSR count). The molecule has 0 spiro atoms. The molecule has 3 heteroatoms. The Morgan fingerprint density at radius 1 is 0.839 bits per heavy atom. The summed E-state index contributed by atoms with van der Waals surface area (Å²) in [5.41, 5.74) is 3.33. The number of amides is 1. The Kier molecular flexibility index (Phi) is 3.73. The molecule has 0 radical (unpaired) electrons. The normalized spacial score (nSPS) is 48.9. The molecule has 2 N–H and O–H groups in total. The summed E-state index contributed by atoms with van der Waals surface area (Å²) in [7, 11) is 0. The van der Waals surface area contributed by atoms with Gasteiger partial charge in [0.25, 0.3) is 0 Å². The Bertz CT molecular complexity index is 899. The predicted molar refractivity (Wildman–Crippen MR) is 122 cm³/mol. The minimum absolute atomic E-state index is 0.126. The molecule has 8 saturated carbocycles. The van der Waals surface area contributed by atoms with Crippen molar-refractivity contribution in [1.29, 1.82) is 0 Å². The number of rotatable bonds is 3. The first-order valence-corrected chi connectivity index (χ1v) is 13.0. The number of aromatic hydroxyl groups is 1. The largest absolute Gasteiger partial charge is 0.506 e. The third kappa shape index (κ3) is 2.61. The maximum Gasteiger partial charge on any atom is 0.221 e. The van der Waals surface area contributed by atoms with Gasteiger partial charge in [0.15, 0.2) is 0 Å². The van der Waals surface area contributed by atoms with E-state index >= 15 is 0 Å². The van der Waals surface area contributed by atoms with E-state index in [1.807, 2.05) is 12.1 Å². The number of carbonyl (C=O) groups is 1. The van der Waals surface area contributed by atoms with Crippen LogP contribution >= 0.6 is 0 Å². The Morgan fingerprint density at radius 3 is 1.94 bits per heavy atom. The van der Waals surface area contributed by atoms with Crippen LogP contribution < -0.4 is 5.32 Å². The maximum atomic E-state index is 11.5. The predicted octanol–water partition coefficient (Wildman–Crippen LogP) is 6.41. The zero-order valence-electron chi connectivity index (χ0n) is 19.0. The van der Waals surface area contributed by atoms with E-state index in [1.165, 1.54) is 89.5 Å². The SMILES string of the molecule is CC(=O)Nc1ccc(C23CC4CC(C2)CC(C25CC6CC(CC(C6)C2)C5)(C4)C3)cc1O. The van der Waals surface area contributed by atoms with Crippen molar-refractivity contribution >= 4 is 11.6 Å². The average Bonchev–Trinajstić information content (AvgIpc) is 2.67. The summed E-state index contributed by atoms with van der Waals surface area (Å²) in [4.78, 5) is 11.5. The molecule has 1 aromatic carbocycles. The van der Waals surface area contributed by atoms with Crippen LogP contribution in [-0.2, 0) is 10.2 Å². The highest BCUT2D eigenvalue weighted by atomic mass is 16.3. The fourth-order valence-electron chi connectivity index (χ4n) is 11.1. The number of benzene rings is 1. The molecule has 1 amide bonds. The molecule has 0 saturated heterocycles. The van der Waals surface area contributed by atoms with Gasteiger partial charge in [-0.1, -0.05) is 6.07 Å². The molecule has 31 heavy (non-hydrogen) atoms. The van der Waals surface area contributed by atoms with Crippen molar-refractivity contribution in [3.8, 4) is 5.75 Å². The van der Waals surface area contributed by atoms with Gasteiger partial charge < -0.3 is 10.4 Å². The second-order valence-electron chi connectivity index (χ2n) is 13.1. The van der Waals surface area contributed by atoms with Gasteiger partial charge in [0, 0.05) is 6.92 Å². The van der Waals surface area contributed by atoms with Gasteiger partial charge in [-0.25, -0.2) is 0 Å². The van der Waals surface area contributed by atoms with E-state index in [0.29, 0.717) is 16.5 Å². The lowest BCUT2D eigenvalue weighted by molar-refractivity contribution is -0.205. The van der Waals surface area contributed by atoms with Crippen LogP contribution in [0, 0.1) is 40.4 Å². The quantitative estimate of drug-likeness (QED) is 0.557. The molecule has 0 aliphatic heterocycles. The molecule has 166 valence electrons. The van der Waals surface area contributed by atoms with Crippen LogP contribution in [0.5, 0.6) is 5.75 Å². The van der Waals surface area contributed by atoms with E-state index in [1.54, 1.807) is 0 Å². The van der Waals surface area contributed by atoms with Crippen LogP contribution in [0.4, 0.5) is 5.69 Å². The highest BCUT2D eigenvalue weighted by molar-refractivity contribution is 5.90. The molecule has 8 aliphatic rings. The summed E-state index contributed by atoms with van der Waals surface area (Å²) in [6.07, 6.45) is 17.6. The lowest BCUT2D eigenvalue weighted by Crippen LogP contribution is -2.63. The van der Waals surface area contributed by atoms with E-state index in [-0.39, 0.29) is 17.1 Å². The molecule has 3 nitrogen and oxygen atoms in total. The molecule has 0 aromatic heterocycles. The summed E-state index contributed by atoms with van der Waals surface area (Å²) in [6.45, 7) is 1.50. The molecule has 8 aliphatic carbocycles. The van der Waals surface area contributed by atoms with E-state index < -0.39 is 0 Å². The van der Waals surface area contributed by atoms with Gasteiger partial charge in [-0.05, 0) is 141 Å². The molecule has 1 aromatic rings. The lowest BCUT2D eigenvalue weighted by atomic mass is 9.32. The van der Waals surface area contributed by atoms with Crippen molar-refractivity contribution in [2.24, 2.45) is 40.4 Å². The molecule has 2 unspecified atom stereocenters. The smallest absolute Gasteiger partial charge is 0.221 e. The van der Waals surface area contributed by atoms with E-state index in [9.17, 15) is 9.90 Å². The number of phenolic OH excluding ortho intramolecular Hbond substituents is 1. The first-order chi connectivity index (χ1) is 14.9. The molecular weight excluding hydrogens is 382 g/mol. The highest BCUT2D eigenvalue weighted by Gasteiger charge is 2.67. The second-order valence-corrected chi connectivity index (χ2v) is 13.1. The summed E-state index contributed by atoms with van der Waals surface area (Å²) in [6, 6.07) is 6.18. The van der Waals surface area contributed by atoms with Gasteiger partial charge in [0.2, 0.25) is 5.91 Å². The first-order valence-electron chi connectivity index (χ1n) is 13.0. The van der Waals surface area contributed by atoms with Crippen molar-refractivity contribution in [1.82, 2.24) is 0 Å². The summed E-state index contributed by atoms with van der Waals surface area (Å²) >= 11 is 0. The molecule has 8 fully saturated rings. The summed E-state index contributed by atoms with van der Waals surface area (Å²) < 4.78 is 0. The Hall–Kier alpha value is -1.51. The van der Waals surface area contributed by atoms with E-state index in [4.69, 9.17) is 0 Å². The van der Waals surface area contributed by atoms with E-state index in [2.05, 4.69) is 11.4 Å². The third-order valence-corrected chi connectivity index (χ3v) is 11.1. The number of anilines is 1. The van der Waals surface area contributed by atoms with Gasteiger partial charge in [-0.3, -0.25) is 4.79 Å². The van der Waals surface area contributed by atoms with Crippen LogP contribution in [0.2, 0.25) is 0 Å². The minimum atomic E-state index is -0.126. The summed E-state index contributed by atoms with van der Waals surface area (Å²) in [5, 5.41) is 13.5. The number of nitrogens with one attached hydrogen (secondary N) is 1. The van der Waals surface area contributed by atoms with Crippen molar-refractivity contribution in [3.05, 3.63) is 23.8 Å². The number of carbonyl (C=O) groups excluding carboxylic acids is 1.